The Balaban J connectivity index is 2.24. The standard InChI is InChI=1S/C21H34O3/c1-2-3-15-20(23)21(24)17-12-7-5-4-6-11-16-19(22)18-13-9-8-10-14-18/h4-7,11-12,16-24H,2-3,8-10,13-15H2,1H3/b6-4-,7-5+,16-11+,17-12+/t19-,20+,21-/m1/s1. The first-order valence-electron chi connectivity index (χ1n) is 9.37. The molecule has 1 rings (SSSR count). The minimum Gasteiger partial charge on any atom is -0.390 e. The minimum absolute atomic E-state index is 0.335. The molecule has 1 saturated carbocycles. The Kier molecular flexibility index (Phi) is 11.5. The fourth-order valence-corrected chi connectivity index (χ4v) is 2.96. The van der Waals surface area contributed by atoms with Gasteiger partial charge in [0.15, 0.2) is 0 Å². The highest BCUT2D eigenvalue weighted by molar-refractivity contribution is 5.16. The lowest BCUT2D eigenvalue weighted by molar-refractivity contribution is 0.0418. The van der Waals surface area contributed by atoms with Crippen molar-refractivity contribution in [3.05, 3.63) is 48.6 Å². The van der Waals surface area contributed by atoms with Crippen LogP contribution in [0.15, 0.2) is 48.6 Å². The smallest absolute Gasteiger partial charge is 0.0982 e. The molecule has 0 bridgehead atoms. The van der Waals surface area contributed by atoms with E-state index in [1.54, 1.807) is 12.2 Å². The van der Waals surface area contributed by atoms with Crippen molar-refractivity contribution in [2.75, 3.05) is 0 Å². The summed E-state index contributed by atoms with van der Waals surface area (Å²) in [7, 11) is 0. The molecule has 1 fully saturated rings. The van der Waals surface area contributed by atoms with Gasteiger partial charge < -0.3 is 15.3 Å². The van der Waals surface area contributed by atoms with Crippen LogP contribution in [0.1, 0.15) is 58.3 Å². The molecule has 3 nitrogen and oxygen atoms in total. The van der Waals surface area contributed by atoms with E-state index in [9.17, 15) is 15.3 Å². The van der Waals surface area contributed by atoms with Crippen molar-refractivity contribution in [3.63, 3.8) is 0 Å². The van der Waals surface area contributed by atoms with Crippen LogP contribution in [0, 0.1) is 5.92 Å². The third-order valence-electron chi connectivity index (χ3n) is 4.55. The summed E-state index contributed by atoms with van der Waals surface area (Å²) in [6.45, 7) is 2.06. The number of hydrogen-bond acceptors (Lipinski definition) is 3. The maximum Gasteiger partial charge on any atom is 0.0982 e. The number of hydrogen-bond donors (Lipinski definition) is 3. The Morgan fingerprint density at radius 3 is 2.04 bits per heavy atom. The molecule has 3 heteroatoms. The molecule has 136 valence electrons. The van der Waals surface area contributed by atoms with Gasteiger partial charge in [-0.05, 0) is 25.2 Å². The van der Waals surface area contributed by atoms with Gasteiger partial charge in [-0.2, -0.15) is 0 Å². The summed E-state index contributed by atoms with van der Waals surface area (Å²) >= 11 is 0. The molecule has 0 amide bonds. The number of aliphatic hydroxyl groups excluding tert-OH is 3. The molecule has 0 saturated heterocycles. The van der Waals surface area contributed by atoms with Gasteiger partial charge in [-0.3, -0.25) is 0 Å². The highest BCUT2D eigenvalue weighted by Crippen LogP contribution is 2.26. The summed E-state index contributed by atoms with van der Waals surface area (Å²) in [6.07, 6.45) is 21.3. The fourth-order valence-electron chi connectivity index (χ4n) is 2.96. The van der Waals surface area contributed by atoms with Crippen LogP contribution < -0.4 is 0 Å². The second kappa shape index (κ2) is 13.2. The molecule has 24 heavy (non-hydrogen) atoms. The molecule has 3 atom stereocenters. The molecule has 0 aromatic carbocycles. The SMILES string of the molecule is CCCC[C@H](O)[C@H](O)/C=C/C=C/C=C\C=C\[C@@H](O)C1CCCCC1. The number of allylic oxidation sites excluding steroid dienone is 6. The van der Waals surface area contributed by atoms with Gasteiger partial charge in [0.05, 0.1) is 18.3 Å². The molecule has 0 aromatic rings. The lowest BCUT2D eigenvalue weighted by Gasteiger charge is -2.24. The Morgan fingerprint density at radius 1 is 0.833 bits per heavy atom. The molecular weight excluding hydrogens is 300 g/mol. The van der Waals surface area contributed by atoms with Crippen molar-refractivity contribution in [3.8, 4) is 0 Å². The third kappa shape index (κ3) is 9.21. The van der Waals surface area contributed by atoms with Gasteiger partial charge in [-0.25, -0.2) is 0 Å². The first-order valence-corrected chi connectivity index (χ1v) is 9.37. The number of unbranched alkanes of at least 4 members (excludes halogenated alkanes) is 1. The summed E-state index contributed by atoms with van der Waals surface area (Å²) in [5.41, 5.74) is 0. The van der Waals surface area contributed by atoms with E-state index in [-0.39, 0.29) is 6.10 Å². The van der Waals surface area contributed by atoms with E-state index in [4.69, 9.17) is 0 Å². The number of aliphatic hydroxyl groups is 3. The average molecular weight is 335 g/mol. The van der Waals surface area contributed by atoms with Crippen molar-refractivity contribution >= 4 is 0 Å². The van der Waals surface area contributed by atoms with Crippen molar-refractivity contribution in [2.45, 2.75) is 76.6 Å². The lowest BCUT2D eigenvalue weighted by atomic mass is 9.85. The molecule has 1 aliphatic carbocycles. The molecule has 0 heterocycles. The van der Waals surface area contributed by atoms with Crippen LogP contribution in [0.2, 0.25) is 0 Å². The van der Waals surface area contributed by atoms with Gasteiger partial charge in [-0.15, -0.1) is 0 Å². The molecule has 1 aliphatic rings. The summed E-state index contributed by atoms with van der Waals surface area (Å²) in [6, 6.07) is 0. The molecule has 0 aliphatic heterocycles. The van der Waals surface area contributed by atoms with E-state index < -0.39 is 12.2 Å². The quantitative estimate of drug-likeness (QED) is 0.528. The monoisotopic (exact) mass is 334 g/mol. The zero-order valence-corrected chi connectivity index (χ0v) is 14.9. The Labute approximate surface area is 147 Å². The largest absolute Gasteiger partial charge is 0.390 e. The third-order valence-corrected chi connectivity index (χ3v) is 4.55. The average Bonchev–Trinajstić information content (AvgIpc) is 2.62. The van der Waals surface area contributed by atoms with Crippen molar-refractivity contribution < 1.29 is 15.3 Å². The van der Waals surface area contributed by atoms with Crippen molar-refractivity contribution in [2.24, 2.45) is 5.92 Å². The topological polar surface area (TPSA) is 60.7 Å². The van der Waals surface area contributed by atoms with Gasteiger partial charge in [0.2, 0.25) is 0 Å². The zero-order chi connectivity index (χ0) is 17.6. The van der Waals surface area contributed by atoms with E-state index in [1.165, 1.54) is 19.3 Å². The van der Waals surface area contributed by atoms with Crippen LogP contribution in [0.3, 0.4) is 0 Å². The molecular formula is C21H34O3. The fraction of sp³-hybridized carbons (Fsp3) is 0.619. The highest BCUT2D eigenvalue weighted by Gasteiger charge is 2.18. The van der Waals surface area contributed by atoms with E-state index >= 15 is 0 Å². The van der Waals surface area contributed by atoms with Crippen LogP contribution in [-0.4, -0.2) is 33.6 Å². The summed E-state index contributed by atoms with van der Waals surface area (Å²) in [4.78, 5) is 0. The molecule has 3 N–H and O–H groups in total. The predicted molar refractivity (Wildman–Crippen MR) is 101 cm³/mol. The maximum atomic E-state index is 10.1. The minimum atomic E-state index is -0.810. The lowest BCUT2D eigenvalue weighted by Crippen LogP contribution is -2.23. The van der Waals surface area contributed by atoms with Crippen LogP contribution in [-0.2, 0) is 0 Å². The Hall–Kier alpha value is -1.16. The summed E-state index contributed by atoms with van der Waals surface area (Å²) < 4.78 is 0. The first-order chi connectivity index (χ1) is 11.6. The second-order valence-corrected chi connectivity index (χ2v) is 6.63. The van der Waals surface area contributed by atoms with Crippen LogP contribution in [0.25, 0.3) is 0 Å². The Morgan fingerprint density at radius 2 is 1.42 bits per heavy atom. The second-order valence-electron chi connectivity index (χ2n) is 6.63. The van der Waals surface area contributed by atoms with Gasteiger partial charge in [0, 0.05) is 0 Å². The van der Waals surface area contributed by atoms with Crippen molar-refractivity contribution in [1.82, 2.24) is 0 Å². The van der Waals surface area contributed by atoms with Gasteiger partial charge >= 0.3 is 0 Å². The molecule has 0 spiro atoms. The molecule has 0 aromatic heterocycles. The summed E-state index contributed by atoms with van der Waals surface area (Å²) in [5.74, 6) is 0.419. The van der Waals surface area contributed by atoms with Gasteiger partial charge in [0.1, 0.15) is 0 Å². The van der Waals surface area contributed by atoms with Crippen LogP contribution in [0.5, 0.6) is 0 Å². The molecule has 0 radical (unpaired) electrons. The molecule has 0 unspecified atom stereocenters. The van der Waals surface area contributed by atoms with Gasteiger partial charge in [0.25, 0.3) is 0 Å². The normalized spacial score (nSPS) is 21.3. The van der Waals surface area contributed by atoms with Gasteiger partial charge in [-0.1, -0.05) is 87.6 Å². The number of rotatable bonds is 10. The van der Waals surface area contributed by atoms with E-state index in [0.29, 0.717) is 12.3 Å². The maximum absolute atomic E-state index is 10.1. The summed E-state index contributed by atoms with van der Waals surface area (Å²) in [5, 5.41) is 29.5. The Bertz CT molecular complexity index is 417. The highest BCUT2D eigenvalue weighted by atomic mass is 16.3. The zero-order valence-electron chi connectivity index (χ0n) is 14.9. The van der Waals surface area contributed by atoms with Crippen molar-refractivity contribution in [1.29, 1.82) is 0 Å². The van der Waals surface area contributed by atoms with E-state index in [1.807, 2.05) is 36.5 Å². The van der Waals surface area contributed by atoms with E-state index in [2.05, 4.69) is 6.92 Å². The van der Waals surface area contributed by atoms with Crippen LogP contribution >= 0.6 is 0 Å². The van der Waals surface area contributed by atoms with Crippen LogP contribution in [0.4, 0.5) is 0 Å². The predicted octanol–water partition coefficient (Wildman–Crippen LogP) is 4.06. The first kappa shape index (κ1) is 20.9. The van der Waals surface area contributed by atoms with E-state index in [0.717, 1.165) is 25.7 Å².